The zero-order valence-electron chi connectivity index (χ0n) is 18.6. The fraction of sp³-hybridized carbons (Fsp3) is 0.0741. The highest BCUT2D eigenvalue weighted by atomic mass is 32.1. The van der Waals surface area contributed by atoms with Crippen LogP contribution in [0.2, 0.25) is 0 Å². The molecule has 3 aromatic carbocycles. The van der Waals surface area contributed by atoms with Crippen LogP contribution in [0.25, 0.3) is 37.7 Å². The highest BCUT2D eigenvalue weighted by Gasteiger charge is 2.16. The summed E-state index contributed by atoms with van der Waals surface area (Å²) in [6.07, 6.45) is 4.31. The van der Waals surface area contributed by atoms with Gasteiger partial charge in [0.2, 0.25) is 0 Å². The maximum Gasteiger partial charge on any atom is 0.341 e. The number of carboxylic acids is 1. The van der Waals surface area contributed by atoms with Crippen LogP contribution in [0.5, 0.6) is 11.5 Å². The number of allylic oxidation sites excluding steroid dienone is 1. The summed E-state index contributed by atoms with van der Waals surface area (Å²) in [5.41, 5.74) is 2.75. The van der Waals surface area contributed by atoms with E-state index in [1.165, 1.54) is 12.5 Å². The van der Waals surface area contributed by atoms with Crippen molar-refractivity contribution in [1.29, 1.82) is 0 Å². The van der Waals surface area contributed by atoms with Gasteiger partial charge < -0.3 is 19.0 Å². The van der Waals surface area contributed by atoms with Gasteiger partial charge in [-0.2, -0.15) is 0 Å². The summed E-state index contributed by atoms with van der Waals surface area (Å²) in [7, 11) is 1.55. The Morgan fingerprint density at radius 1 is 1.09 bits per heavy atom. The van der Waals surface area contributed by atoms with Gasteiger partial charge in [0.1, 0.15) is 17.0 Å². The molecule has 1 N–H and O–H groups in total. The third kappa shape index (κ3) is 4.51. The van der Waals surface area contributed by atoms with Crippen LogP contribution in [-0.4, -0.2) is 35.6 Å². The first kappa shape index (κ1) is 22.4. The van der Waals surface area contributed by atoms with E-state index in [1.807, 2.05) is 30.3 Å². The van der Waals surface area contributed by atoms with Crippen molar-refractivity contribution in [3.8, 4) is 21.9 Å². The Labute approximate surface area is 203 Å². The van der Waals surface area contributed by atoms with E-state index in [2.05, 4.69) is 11.1 Å². The number of aromatic nitrogens is 1. The highest BCUT2D eigenvalue weighted by Crippen LogP contribution is 2.41. The summed E-state index contributed by atoms with van der Waals surface area (Å²) in [6, 6.07) is 18.7. The summed E-state index contributed by atoms with van der Waals surface area (Å²) >= 11 is 1.61. The topological polar surface area (TPSA) is 98.9 Å². The summed E-state index contributed by atoms with van der Waals surface area (Å²) in [6.45, 7) is -0.529. The number of aliphatic carboxylic acids is 1. The van der Waals surface area contributed by atoms with Gasteiger partial charge >= 0.3 is 5.97 Å². The minimum absolute atomic E-state index is 0.270. The monoisotopic (exact) mass is 485 g/mol. The number of carbonyl (C=O) groups excluding carboxylic acids is 1. The summed E-state index contributed by atoms with van der Waals surface area (Å²) in [4.78, 5) is 29.2. The zero-order chi connectivity index (χ0) is 24.4. The lowest BCUT2D eigenvalue weighted by atomic mass is 10.0. The third-order valence-electron chi connectivity index (χ3n) is 5.41. The number of benzene rings is 3. The van der Waals surface area contributed by atoms with Crippen LogP contribution in [0.1, 0.15) is 15.9 Å². The van der Waals surface area contributed by atoms with Crippen molar-refractivity contribution in [3.05, 3.63) is 84.3 Å². The Hall–Kier alpha value is -4.43. The Morgan fingerprint density at radius 3 is 2.74 bits per heavy atom. The molecule has 0 saturated carbocycles. The molecule has 7 nitrogen and oxygen atoms in total. The second kappa shape index (κ2) is 9.44. The number of carbonyl (C=O) groups is 2. The minimum Gasteiger partial charge on any atom is -0.496 e. The number of rotatable bonds is 8. The number of hydrogen-bond acceptors (Lipinski definition) is 7. The van der Waals surface area contributed by atoms with Crippen LogP contribution in [0.3, 0.4) is 0 Å². The van der Waals surface area contributed by atoms with E-state index in [-0.39, 0.29) is 11.5 Å². The number of para-hydroxylation sites is 1. The molecule has 5 rings (SSSR count). The van der Waals surface area contributed by atoms with Crippen LogP contribution < -0.4 is 9.47 Å². The molecule has 0 aliphatic rings. The molecule has 0 aliphatic heterocycles. The van der Waals surface area contributed by atoms with E-state index in [9.17, 15) is 9.59 Å². The van der Waals surface area contributed by atoms with Gasteiger partial charge in [0.25, 0.3) is 0 Å². The molecule has 174 valence electrons. The Bertz CT molecular complexity index is 1560. The Kier molecular flexibility index (Phi) is 6.03. The number of thiophene rings is 1. The fourth-order valence-electron chi connectivity index (χ4n) is 3.79. The van der Waals surface area contributed by atoms with Crippen molar-refractivity contribution in [2.75, 3.05) is 13.7 Å². The van der Waals surface area contributed by atoms with Crippen molar-refractivity contribution in [1.82, 2.24) is 4.98 Å². The van der Waals surface area contributed by atoms with Gasteiger partial charge in [0.05, 0.1) is 12.7 Å². The third-order valence-corrected chi connectivity index (χ3v) is 6.56. The normalized spacial score (nSPS) is 11.3. The number of oxazole rings is 1. The zero-order valence-corrected chi connectivity index (χ0v) is 19.4. The molecule has 0 bridgehead atoms. The van der Waals surface area contributed by atoms with Gasteiger partial charge in [-0.1, -0.05) is 24.3 Å². The largest absolute Gasteiger partial charge is 0.496 e. The second-order valence-corrected chi connectivity index (χ2v) is 8.71. The van der Waals surface area contributed by atoms with E-state index < -0.39 is 12.6 Å². The van der Waals surface area contributed by atoms with Gasteiger partial charge in [-0.15, -0.1) is 11.3 Å². The van der Waals surface area contributed by atoms with Gasteiger partial charge in [-0.25, -0.2) is 9.78 Å². The van der Waals surface area contributed by atoms with Gasteiger partial charge in [-0.3, -0.25) is 4.79 Å². The maximum absolute atomic E-state index is 13.0. The standard InChI is InChI=1S/C27H19NO6S/c1-32-23-13-22(33-14-26(30)31)16(11-19(23)25-12-17-5-2-3-8-24(17)35-25)9-10-20(29)18-6-4-7-21-27(18)28-15-34-21/h2-13,15H,14H2,1H3,(H,30,31)/b10-9+. The van der Waals surface area contributed by atoms with E-state index in [0.29, 0.717) is 28.0 Å². The molecular formula is C27H19NO6S. The quantitative estimate of drug-likeness (QED) is 0.210. The van der Waals surface area contributed by atoms with E-state index in [1.54, 1.807) is 48.8 Å². The lowest BCUT2D eigenvalue weighted by Crippen LogP contribution is -2.10. The number of fused-ring (bicyclic) bond motifs is 2. The molecule has 0 atom stereocenters. The molecule has 0 saturated heterocycles. The number of hydrogen-bond donors (Lipinski definition) is 1. The molecule has 2 heterocycles. The van der Waals surface area contributed by atoms with E-state index in [0.717, 1.165) is 20.5 Å². The van der Waals surface area contributed by atoms with Gasteiger partial charge in [-0.05, 0) is 47.9 Å². The number of ether oxygens (including phenoxy) is 2. The van der Waals surface area contributed by atoms with Crippen LogP contribution in [0.4, 0.5) is 0 Å². The van der Waals surface area contributed by atoms with E-state index >= 15 is 0 Å². The molecular weight excluding hydrogens is 466 g/mol. The van der Waals surface area contributed by atoms with Crippen molar-refractivity contribution in [2.24, 2.45) is 0 Å². The van der Waals surface area contributed by atoms with Crippen molar-refractivity contribution >= 4 is 50.4 Å². The first-order chi connectivity index (χ1) is 17.0. The van der Waals surface area contributed by atoms with Crippen molar-refractivity contribution in [2.45, 2.75) is 0 Å². The molecule has 5 aromatic rings. The van der Waals surface area contributed by atoms with Crippen LogP contribution in [0.15, 0.2) is 77.6 Å². The van der Waals surface area contributed by atoms with Crippen LogP contribution >= 0.6 is 11.3 Å². The average molecular weight is 486 g/mol. The van der Waals surface area contributed by atoms with Crippen molar-refractivity contribution < 1.29 is 28.6 Å². The molecule has 0 aliphatic carbocycles. The molecule has 0 amide bonds. The predicted octanol–water partition coefficient (Wildman–Crippen LogP) is 6.08. The lowest BCUT2D eigenvalue weighted by Gasteiger charge is -2.13. The number of methoxy groups -OCH3 is 1. The summed E-state index contributed by atoms with van der Waals surface area (Å²) < 4.78 is 17.5. The van der Waals surface area contributed by atoms with E-state index in [4.69, 9.17) is 19.0 Å². The Morgan fingerprint density at radius 2 is 1.94 bits per heavy atom. The first-order valence-corrected chi connectivity index (χ1v) is 11.5. The Balaban J connectivity index is 1.58. The summed E-state index contributed by atoms with van der Waals surface area (Å²) in [5.74, 6) is -0.556. The fourth-order valence-corrected chi connectivity index (χ4v) is 4.87. The predicted molar refractivity (Wildman–Crippen MR) is 134 cm³/mol. The smallest absolute Gasteiger partial charge is 0.341 e. The molecule has 0 spiro atoms. The minimum atomic E-state index is -1.11. The maximum atomic E-state index is 13.0. The van der Waals surface area contributed by atoms with Crippen molar-refractivity contribution in [3.63, 3.8) is 0 Å². The molecule has 0 radical (unpaired) electrons. The molecule has 0 unspecified atom stereocenters. The molecule has 8 heteroatoms. The first-order valence-electron chi connectivity index (χ1n) is 10.6. The number of nitrogens with zero attached hydrogens (tertiary/aromatic N) is 1. The van der Waals surface area contributed by atoms with Crippen LogP contribution in [0, 0.1) is 0 Å². The molecule has 0 fully saturated rings. The number of carboxylic acid groups (broad SMARTS) is 1. The molecule has 2 aromatic heterocycles. The van der Waals surface area contributed by atoms with Crippen LogP contribution in [-0.2, 0) is 4.79 Å². The van der Waals surface area contributed by atoms with Gasteiger partial charge in [0.15, 0.2) is 24.4 Å². The van der Waals surface area contributed by atoms with Gasteiger partial charge in [0, 0.05) is 26.8 Å². The average Bonchev–Trinajstić information content (AvgIpc) is 3.52. The second-order valence-electron chi connectivity index (χ2n) is 7.62. The highest BCUT2D eigenvalue weighted by molar-refractivity contribution is 7.22. The lowest BCUT2D eigenvalue weighted by molar-refractivity contribution is -0.139. The number of ketones is 1. The SMILES string of the molecule is COc1cc(OCC(=O)O)c(/C=C/C(=O)c2cccc3ocnc23)cc1-c1cc2ccccc2s1. The molecule has 35 heavy (non-hydrogen) atoms. The summed E-state index contributed by atoms with van der Waals surface area (Å²) in [5, 5.41) is 10.2.